The molecular weight excluding hydrogens is 218 g/mol. The topological polar surface area (TPSA) is 47.6 Å². The van der Waals surface area contributed by atoms with Gasteiger partial charge < -0.3 is 14.8 Å². The summed E-state index contributed by atoms with van der Waals surface area (Å²) in [5, 5.41) is 3.00. The maximum absolute atomic E-state index is 11.7. The number of nitrogens with one attached hydrogen (secondary N) is 1. The molecule has 0 amide bonds. The van der Waals surface area contributed by atoms with E-state index in [1.165, 1.54) is 7.11 Å². The molecule has 4 heteroatoms. The lowest BCUT2D eigenvalue weighted by Gasteiger charge is -2.26. The number of esters is 1. The molecule has 0 fully saturated rings. The molecule has 0 aromatic heterocycles. The SMILES string of the molecule is CNC(C)(Cc1ccc(OC)cc1)C(=O)OC. The van der Waals surface area contributed by atoms with Crippen LogP contribution in [0.1, 0.15) is 12.5 Å². The highest BCUT2D eigenvalue weighted by molar-refractivity contribution is 5.80. The van der Waals surface area contributed by atoms with Gasteiger partial charge in [0.1, 0.15) is 11.3 Å². The Hall–Kier alpha value is -1.55. The van der Waals surface area contributed by atoms with Crippen molar-refractivity contribution in [1.29, 1.82) is 0 Å². The fourth-order valence-corrected chi connectivity index (χ4v) is 1.64. The lowest BCUT2D eigenvalue weighted by atomic mass is 9.93. The highest BCUT2D eigenvalue weighted by Crippen LogP contribution is 2.17. The van der Waals surface area contributed by atoms with Crippen molar-refractivity contribution in [3.05, 3.63) is 29.8 Å². The molecule has 0 aliphatic carbocycles. The van der Waals surface area contributed by atoms with Crippen LogP contribution in [0.3, 0.4) is 0 Å². The summed E-state index contributed by atoms with van der Waals surface area (Å²) in [5.41, 5.74) is 0.344. The lowest BCUT2D eigenvalue weighted by molar-refractivity contribution is -0.147. The van der Waals surface area contributed by atoms with Crippen LogP contribution in [0.25, 0.3) is 0 Å². The van der Waals surface area contributed by atoms with E-state index in [4.69, 9.17) is 9.47 Å². The van der Waals surface area contributed by atoms with E-state index in [0.29, 0.717) is 6.42 Å². The number of ether oxygens (including phenoxy) is 2. The van der Waals surface area contributed by atoms with Crippen LogP contribution in [0.2, 0.25) is 0 Å². The van der Waals surface area contributed by atoms with Gasteiger partial charge in [0.2, 0.25) is 0 Å². The van der Waals surface area contributed by atoms with Gasteiger partial charge in [0.25, 0.3) is 0 Å². The van der Waals surface area contributed by atoms with Crippen LogP contribution in [-0.2, 0) is 16.0 Å². The van der Waals surface area contributed by atoms with Gasteiger partial charge in [-0.05, 0) is 31.7 Å². The van der Waals surface area contributed by atoms with E-state index in [2.05, 4.69) is 5.32 Å². The fraction of sp³-hybridized carbons (Fsp3) is 0.462. The fourth-order valence-electron chi connectivity index (χ4n) is 1.64. The van der Waals surface area contributed by atoms with E-state index < -0.39 is 5.54 Å². The molecule has 1 aromatic carbocycles. The van der Waals surface area contributed by atoms with Gasteiger partial charge in [0, 0.05) is 6.42 Å². The molecule has 1 aromatic rings. The maximum atomic E-state index is 11.7. The third-order valence-corrected chi connectivity index (χ3v) is 2.90. The number of likely N-dealkylation sites (N-methyl/N-ethyl adjacent to an activating group) is 1. The molecule has 0 spiro atoms. The molecule has 0 saturated heterocycles. The average Bonchev–Trinajstić information content (AvgIpc) is 2.38. The quantitative estimate of drug-likeness (QED) is 0.786. The first-order chi connectivity index (χ1) is 8.05. The second-order valence-corrected chi connectivity index (χ2v) is 4.10. The standard InChI is InChI=1S/C13H19NO3/c1-13(14-2,12(15)17-4)9-10-5-7-11(16-3)8-6-10/h5-8,14H,9H2,1-4H3. The van der Waals surface area contributed by atoms with Crippen molar-refractivity contribution < 1.29 is 14.3 Å². The minimum absolute atomic E-state index is 0.268. The van der Waals surface area contributed by atoms with Crippen LogP contribution in [0, 0.1) is 0 Å². The Morgan fingerprint density at radius 1 is 1.29 bits per heavy atom. The first kappa shape index (κ1) is 13.5. The first-order valence-corrected chi connectivity index (χ1v) is 5.46. The zero-order chi connectivity index (χ0) is 12.9. The molecule has 4 nitrogen and oxygen atoms in total. The van der Waals surface area contributed by atoms with Crippen molar-refractivity contribution >= 4 is 5.97 Å². The normalized spacial score (nSPS) is 13.9. The molecule has 17 heavy (non-hydrogen) atoms. The van der Waals surface area contributed by atoms with Crippen LogP contribution in [-0.4, -0.2) is 32.8 Å². The summed E-state index contributed by atoms with van der Waals surface area (Å²) < 4.78 is 9.88. The minimum atomic E-state index is -0.705. The van der Waals surface area contributed by atoms with Gasteiger partial charge in [-0.3, -0.25) is 4.79 Å². The Labute approximate surface area is 102 Å². The van der Waals surface area contributed by atoms with E-state index >= 15 is 0 Å². The third kappa shape index (κ3) is 3.20. The molecule has 0 aliphatic heterocycles. The van der Waals surface area contributed by atoms with Gasteiger partial charge in [-0.1, -0.05) is 12.1 Å². The summed E-state index contributed by atoms with van der Waals surface area (Å²) in [7, 11) is 4.77. The highest BCUT2D eigenvalue weighted by Gasteiger charge is 2.32. The summed E-state index contributed by atoms with van der Waals surface area (Å²) in [6, 6.07) is 7.64. The second-order valence-electron chi connectivity index (χ2n) is 4.10. The Balaban J connectivity index is 2.83. The van der Waals surface area contributed by atoms with Gasteiger partial charge in [0.05, 0.1) is 14.2 Å². The van der Waals surface area contributed by atoms with E-state index in [-0.39, 0.29) is 5.97 Å². The summed E-state index contributed by atoms with van der Waals surface area (Å²) in [5.74, 6) is 0.536. The van der Waals surface area contributed by atoms with E-state index in [0.717, 1.165) is 11.3 Å². The molecule has 1 atom stereocenters. The van der Waals surface area contributed by atoms with Gasteiger partial charge in [-0.2, -0.15) is 0 Å². The number of carbonyl (C=O) groups excluding carboxylic acids is 1. The van der Waals surface area contributed by atoms with Gasteiger partial charge >= 0.3 is 5.97 Å². The predicted molar refractivity (Wildman–Crippen MR) is 66.2 cm³/mol. The number of benzene rings is 1. The van der Waals surface area contributed by atoms with Crippen molar-refractivity contribution in [2.75, 3.05) is 21.3 Å². The molecule has 0 aliphatic rings. The van der Waals surface area contributed by atoms with E-state index in [9.17, 15) is 4.79 Å². The average molecular weight is 237 g/mol. The van der Waals surface area contributed by atoms with Crippen molar-refractivity contribution in [2.45, 2.75) is 18.9 Å². The van der Waals surface area contributed by atoms with E-state index in [1.807, 2.05) is 31.2 Å². The van der Waals surface area contributed by atoms with Crippen LogP contribution >= 0.6 is 0 Å². The monoisotopic (exact) mass is 237 g/mol. The zero-order valence-corrected chi connectivity index (χ0v) is 10.7. The number of methoxy groups -OCH3 is 2. The minimum Gasteiger partial charge on any atom is -0.497 e. The third-order valence-electron chi connectivity index (χ3n) is 2.90. The largest absolute Gasteiger partial charge is 0.497 e. The summed E-state index contributed by atoms with van der Waals surface area (Å²) >= 11 is 0. The molecule has 1 rings (SSSR count). The Kier molecular flexibility index (Phi) is 4.52. The van der Waals surface area contributed by atoms with Crippen molar-refractivity contribution in [3.63, 3.8) is 0 Å². The van der Waals surface area contributed by atoms with E-state index in [1.54, 1.807) is 14.2 Å². The highest BCUT2D eigenvalue weighted by atomic mass is 16.5. The lowest BCUT2D eigenvalue weighted by Crippen LogP contribution is -2.50. The Morgan fingerprint density at radius 2 is 1.88 bits per heavy atom. The van der Waals surface area contributed by atoms with Crippen molar-refractivity contribution in [3.8, 4) is 5.75 Å². The first-order valence-electron chi connectivity index (χ1n) is 5.46. The molecule has 0 saturated carbocycles. The second kappa shape index (κ2) is 5.68. The molecular formula is C13H19NO3. The summed E-state index contributed by atoms with van der Waals surface area (Å²) in [6.07, 6.45) is 0.570. The molecule has 1 N–H and O–H groups in total. The Morgan fingerprint density at radius 3 is 2.29 bits per heavy atom. The summed E-state index contributed by atoms with van der Waals surface area (Å²) in [4.78, 5) is 11.7. The van der Waals surface area contributed by atoms with Crippen molar-refractivity contribution in [2.24, 2.45) is 0 Å². The molecule has 1 unspecified atom stereocenters. The molecule has 0 heterocycles. The van der Waals surface area contributed by atoms with Gasteiger partial charge in [0.15, 0.2) is 0 Å². The van der Waals surface area contributed by atoms with Gasteiger partial charge in [-0.15, -0.1) is 0 Å². The zero-order valence-electron chi connectivity index (χ0n) is 10.7. The number of rotatable bonds is 5. The number of hydrogen-bond donors (Lipinski definition) is 1. The summed E-state index contributed by atoms with van der Waals surface area (Å²) in [6.45, 7) is 1.82. The Bertz CT molecular complexity index is 375. The van der Waals surface area contributed by atoms with Crippen molar-refractivity contribution in [1.82, 2.24) is 5.32 Å². The smallest absolute Gasteiger partial charge is 0.326 e. The number of hydrogen-bond acceptors (Lipinski definition) is 4. The van der Waals surface area contributed by atoms with Crippen LogP contribution in [0.4, 0.5) is 0 Å². The number of carbonyl (C=O) groups is 1. The molecule has 0 bridgehead atoms. The van der Waals surface area contributed by atoms with Crippen LogP contribution in [0.5, 0.6) is 5.75 Å². The van der Waals surface area contributed by atoms with Crippen LogP contribution < -0.4 is 10.1 Å². The maximum Gasteiger partial charge on any atom is 0.326 e. The molecule has 94 valence electrons. The predicted octanol–water partition coefficient (Wildman–Crippen LogP) is 1.39. The van der Waals surface area contributed by atoms with Gasteiger partial charge in [-0.25, -0.2) is 0 Å². The molecule has 0 radical (unpaired) electrons. The van der Waals surface area contributed by atoms with Crippen LogP contribution in [0.15, 0.2) is 24.3 Å².